The van der Waals surface area contributed by atoms with Crippen molar-refractivity contribution in [3.63, 3.8) is 0 Å². The smallest absolute Gasteiger partial charge is 0.247 e. The third-order valence-corrected chi connectivity index (χ3v) is 4.90. The number of fused-ring (bicyclic) bond motifs is 1. The van der Waals surface area contributed by atoms with Crippen LogP contribution in [0.2, 0.25) is 0 Å². The van der Waals surface area contributed by atoms with Gasteiger partial charge in [-0.1, -0.05) is 0 Å². The predicted octanol–water partition coefficient (Wildman–Crippen LogP) is -0.430. The van der Waals surface area contributed by atoms with E-state index in [1.807, 2.05) is 6.92 Å². The summed E-state index contributed by atoms with van der Waals surface area (Å²) in [4.78, 5) is 12.6. The lowest BCUT2D eigenvalue weighted by Crippen LogP contribution is -2.33. The Morgan fingerprint density at radius 3 is 2.84 bits per heavy atom. The summed E-state index contributed by atoms with van der Waals surface area (Å²) < 4.78 is 12.3. The van der Waals surface area contributed by atoms with Crippen LogP contribution in [0.25, 0.3) is 11.2 Å². The van der Waals surface area contributed by atoms with Gasteiger partial charge in [0.2, 0.25) is 5.95 Å². The molecule has 2 aromatic heterocycles. The number of nitrogens with zero attached hydrogens (tertiary/aromatic N) is 5. The fourth-order valence-electron chi connectivity index (χ4n) is 3.33. The van der Waals surface area contributed by atoms with Crippen molar-refractivity contribution in [1.29, 1.82) is 0 Å². The molecular formula is C19H23N7O6. The van der Waals surface area contributed by atoms with Crippen molar-refractivity contribution in [2.75, 3.05) is 24.4 Å². The standard InChI is InChI=1S/C19H23N7O6/c1-2-31-11-5-9(3-4-10(11)28)6-22-25-19-23-16(20)13-17(24-19)26(8-21-13)18-15(30)14(29)12(7-27)32-18/h3-6,8,12,14-15,18,27-30H,2,7H2,1H3,(H3,20,23,24,25)/b22-6+/t12-,14?,15?,18-/m1/s1. The number of hydrazone groups is 1. The molecule has 1 aliphatic rings. The number of nitrogens with one attached hydrogen (secondary N) is 1. The minimum absolute atomic E-state index is 0.0247. The Morgan fingerprint density at radius 2 is 2.12 bits per heavy atom. The summed E-state index contributed by atoms with van der Waals surface area (Å²) in [6.45, 7) is 1.76. The number of anilines is 2. The number of aliphatic hydroxyl groups is 3. The Labute approximate surface area is 181 Å². The molecular weight excluding hydrogens is 422 g/mol. The average molecular weight is 445 g/mol. The highest BCUT2D eigenvalue weighted by Crippen LogP contribution is 2.32. The number of hydrogen-bond acceptors (Lipinski definition) is 12. The number of imidazole rings is 1. The van der Waals surface area contributed by atoms with E-state index in [1.54, 1.807) is 12.1 Å². The van der Waals surface area contributed by atoms with E-state index in [1.165, 1.54) is 23.2 Å². The number of nitrogen functional groups attached to an aromatic ring is 1. The van der Waals surface area contributed by atoms with E-state index in [0.29, 0.717) is 17.9 Å². The number of nitrogens with two attached hydrogens (primary N) is 1. The molecule has 4 rings (SSSR count). The Balaban J connectivity index is 1.58. The van der Waals surface area contributed by atoms with Gasteiger partial charge in [0.1, 0.15) is 23.8 Å². The second kappa shape index (κ2) is 8.92. The zero-order chi connectivity index (χ0) is 22.8. The van der Waals surface area contributed by atoms with E-state index in [9.17, 15) is 20.4 Å². The Hall–Kier alpha value is -3.52. The molecule has 3 aromatic rings. The largest absolute Gasteiger partial charge is 0.504 e. The quantitative estimate of drug-likeness (QED) is 0.204. The first-order valence-electron chi connectivity index (χ1n) is 9.80. The van der Waals surface area contributed by atoms with Gasteiger partial charge >= 0.3 is 0 Å². The van der Waals surface area contributed by atoms with Gasteiger partial charge in [-0.15, -0.1) is 0 Å². The molecule has 32 heavy (non-hydrogen) atoms. The van der Waals surface area contributed by atoms with Crippen LogP contribution >= 0.6 is 0 Å². The number of phenols is 1. The van der Waals surface area contributed by atoms with Crippen LogP contribution in [0.15, 0.2) is 29.6 Å². The number of ether oxygens (including phenoxy) is 2. The van der Waals surface area contributed by atoms with E-state index in [2.05, 4.69) is 25.5 Å². The summed E-state index contributed by atoms with van der Waals surface area (Å²) in [5, 5.41) is 43.5. The molecule has 7 N–H and O–H groups in total. The Kier molecular flexibility index (Phi) is 6.05. The summed E-state index contributed by atoms with van der Waals surface area (Å²) in [5.41, 5.74) is 9.83. The SMILES string of the molecule is CCOc1cc(/C=N/Nc2nc(N)c3ncn([C@@H]4O[C@H](CO)C(O)C4O)c3n2)ccc1O. The molecule has 3 heterocycles. The maximum Gasteiger partial charge on any atom is 0.247 e. The fourth-order valence-corrected chi connectivity index (χ4v) is 3.33. The van der Waals surface area contributed by atoms with Crippen LogP contribution in [-0.2, 0) is 4.74 Å². The molecule has 0 aliphatic carbocycles. The molecule has 0 bridgehead atoms. The van der Waals surface area contributed by atoms with Gasteiger partial charge in [0, 0.05) is 0 Å². The van der Waals surface area contributed by atoms with Crippen LogP contribution in [0.3, 0.4) is 0 Å². The molecule has 1 saturated heterocycles. The van der Waals surface area contributed by atoms with Gasteiger partial charge in [-0.25, -0.2) is 10.4 Å². The van der Waals surface area contributed by atoms with Crippen molar-refractivity contribution >= 4 is 29.1 Å². The number of aromatic nitrogens is 4. The van der Waals surface area contributed by atoms with Crippen molar-refractivity contribution in [3.05, 3.63) is 30.1 Å². The monoisotopic (exact) mass is 445 g/mol. The van der Waals surface area contributed by atoms with Crippen LogP contribution in [0.5, 0.6) is 11.5 Å². The summed E-state index contributed by atoms with van der Waals surface area (Å²) in [6.07, 6.45) is -1.70. The van der Waals surface area contributed by atoms with E-state index in [4.69, 9.17) is 15.2 Å². The molecule has 1 aliphatic heterocycles. The molecule has 170 valence electrons. The molecule has 2 unspecified atom stereocenters. The molecule has 13 heteroatoms. The first-order chi connectivity index (χ1) is 15.4. The number of rotatable bonds is 7. The Bertz CT molecular complexity index is 1140. The highest BCUT2D eigenvalue weighted by Gasteiger charge is 2.44. The lowest BCUT2D eigenvalue weighted by molar-refractivity contribution is -0.0511. The number of hydrogen-bond donors (Lipinski definition) is 6. The van der Waals surface area contributed by atoms with Crippen LogP contribution < -0.4 is 15.9 Å². The highest BCUT2D eigenvalue weighted by atomic mass is 16.6. The molecule has 1 fully saturated rings. The van der Waals surface area contributed by atoms with E-state index >= 15 is 0 Å². The molecule has 1 aromatic carbocycles. The van der Waals surface area contributed by atoms with Gasteiger partial charge in [0.25, 0.3) is 0 Å². The fraction of sp³-hybridized carbons (Fsp3) is 0.368. The zero-order valence-corrected chi connectivity index (χ0v) is 17.0. The van der Waals surface area contributed by atoms with Crippen LogP contribution in [-0.4, -0.2) is 77.7 Å². The summed E-state index contributed by atoms with van der Waals surface area (Å²) in [5.74, 6) is 0.488. The molecule has 13 nitrogen and oxygen atoms in total. The molecule has 0 saturated carbocycles. The maximum atomic E-state index is 10.3. The summed E-state index contributed by atoms with van der Waals surface area (Å²) in [6, 6.07) is 4.77. The first-order valence-corrected chi connectivity index (χ1v) is 9.80. The molecule has 0 spiro atoms. The Morgan fingerprint density at radius 1 is 1.31 bits per heavy atom. The third-order valence-electron chi connectivity index (χ3n) is 4.90. The van der Waals surface area contributed by atoms with Crippen molar-refractivity contribution in [1.82, 2.24) is 19.5 Å². The maximum absolute atomic E-state index is 10.3. The summed E-state index contributed by atoms with van der Waals surface area (Å²) >= 11 is 0. The van der Waals surface area contributed by atoms with Gasteiger partial charge in [0.05, 0.1) is 25.8 Å². The molecule has 0 radical (unpaired) electrons. The number of aromatic hydroxyl groups is 1. The lowest BCUT2D eigenvalue weighted by Gasteiger charge is -2.16. The van der Waals surface area contributed by atoms with E-state index in [-0.39, 0.29) is 28.7 Å². The first kappa shape index (κ1) is 21.7. The van der Waals surface area contributed by atoms with Crippen molar-refractivity contribution < 1.29 is 29.9 Å². The van der Waals surface area contributed by atoms with E-state index < -0.39 is 31.1 Å². The summed E-state index contributed by atoms with van der Waals surface area (Å²) in [7, 11) is 0. The van der Waals surface area contributed by atoms with Crippen LogP contribution in [0, 0.1) is 0 Å². The second-order valence-electron chi connectivity index (χ2n) is 7.02. The number of aliphatic hydroxyl groups excluding tert-OH is 3. The van der Waals surface area contributed by atoms with Crippen molar-refractivity contribution in [2.24, 2.45) is 5.10 Å². The van der Waals surface area contributed by atoms with Crippen LogP contribution in [0.1, 0.15) is 18.7 Å². The molecule has 0 amide bonds. The topological polar surface area (TPSA) is 193 Å². The van der Waals surface area contributed by atoms with Gasteiger partial charge in [0.15, 0.2) is 29.2 Å². The van der Waals surface area contributed by atoms with Gasteiger partial charge < -0.3 is 35.6 Å². The minimum atomic E-state index is -1.30. The van der Waals surface area contributed by atoms with Gasteiger partial charge in [-0.05, 0) is 30.7 Å². The predicted molar refractivity (Wildman–Crippen MR) is 113 cm³/mol. The van der Waals surface area contributed by atoms with Gasteiger partial charge in [-0.3, -0.25) is 4.57 Å². The normalized spacial score (nSPS) is 23.2. The van der Waals surface area contributed by atoms with E-state index in [0.717, 1.165) is 0 Å². The minimum Gasteiger partial charge on any atom is -0.504 e. The van der Waals surface area contributed by atoms with Crippen LogP contribution in [0.4, 0.5) is 11.8 Å². The zero-order valence-electron chi connectivity index (χ0n) is 17.0. The molecule has 4 atom stereocenters. The lowest BCUT2D eigenvalue weighted by atomic mass is 10.1. The van der Waals surface area contributed by atoms with Crippen molar-refractivity contribution in [2.45, 2.75) is 31.5 Å². The van der Waals surface area contributed by atoms with Gasteiger partial charge in [-0.2, -0.15) is 15.1 Å². The number of benzene rings is 1. The second-order valence-corrected chi connectivity index (χ2v) is 7.02. The average Bonchev–Trinajstić information content (AvgIpc) is 3.32. The van der Waals surface area contributed by atoms with Crippen molar-refractivity contribution in [3.8, 4) is 11.5 Å². The highest BCUT2D eigenvalue weighted by molar-refractivity contribution is 5.84. The number of phenolic OH excluding ortho intramolecular Hbond substituents is 1. The third kappa shape index (κ3) is 4.01.